The summed E-state index contributed by atoms with van der Waals surface area (Å²) in [6.07, 6.45) is 0. The summed E-state index contributed by atoms with van der Waals surface area (Å²) in [7, 11) is 0. The van der Waals surface area contributed by atoms with Gasteiger partial charge in [-0.15, -0.1) is 0 Å². The first-order valence-corrected chi connectivity index (χ1v) is 6.44. The molecule has 1 amide bonds. The molecule has 0 atom stereocenters. The number of carbonyl (C=O) groups is 1. The Kier molecular flexibility index (Phi) is 4.17. The molecule has 100 valence electrons. The smallest absolute Gasteiger partial charge is 0.251 e. The van der Waals surface area contributed by atoms with Gasteiger partial charge in [-0.25, -0.2) is 0 Å². The van der Waals surface area contributed by atoms with Gasteiger partial charge in [0.25, 0.3) is 5.91 Å². The Morgan fingerprint density at radius 2 is 1.80 bits per heavy atom. The molecule has 0 spiro atoms. The van der Waals surface area contributed by atoms with Crippen LogP contribution in [0.15, 0.2) is 42.5 Å². The van der Waals surface area contributed by atoms with Gasteiger partial charge in [0.1, 0.15) is 0 Å². The molecule has 0 saturated heterocycles. The van der Waals surface area contributed by atoms with Crippen LogP contribution in [0.5, 0.6) is 0 Å². The van der Waals surface area contributed by atoms with Crippen LogP contribution < -0.4 is 5.32 Å². The van der Waals surface area contributed by atoms with Crippen molar-refractivity contribution in [2.24, 2.45) is 0 Å². The van der Waals surface area contributed by atoms with Gasteiger partial charge in [-0.3, -0.25) is 4.79 Å². The predicted octanol–water partition coefficient (Wildman–Crippen LogP) is 3.11. The molecule has 2 aromatic rings. The van der Waals surface area contributed by atoms with E-state index < -0.39 is 0 Å². The van der Waals surface area contributed by atoms with Crippen molar-refractivity contribution in [1.82, 2.24) is 5.32 Å². The molecule has 0 aliphatic carbocycles. The Labute approximate surface area is 118 Å². The minimum absolute atomic E-state index is 0.0857. The standard InChI is InChI=1S/C17H16N2O/c1-12-3-8-16(9-13(12)2)17(20)19-11-15-6-4-14(10-18)5-7-15/h3-9H,11H2,1-2H3,(H,19,20). The van der Waals surface area contributed by atoms with Crippen molar-refractivity contribution in [2.45, 2.75) is 20.4 Å². The third-order valence-corrected chi connectivity index (χ3v) is 3.31. The highest BCUT2D eigenvalue weighted by molar-refractivity contribution is 5.94. The molecular formula is C17H16N2O. The number of nitrogens with zero attached hydrogens (tertiary/aromatic N) is 1. The van der Waals surface area contributed by atoms with E-state index in [-0.39, 0.29) is 5.91 Å². The first kappa shape index (κ1) is 13.8. The van der Waals surface area contributed by atoms with E-state index in [4.69, 9.17) is 5.26 Å². The SMILES string of the molecule is Cc1ccc(C(=O)NCc2ccc(C#N)cc2)cc1C. The third kappa shape index (κ3) is 3.24. The highest BCUT2D eigenvalue weighted by Gasteiger charge is 2.06. The number of hydrogen-bond acceptors (Lipinski definition) is 2. The number of amides is 1. The summed E-state index contributed by atoms with van der Waals surface area (Å²) < 4.78 is 0. The van der Waals surface area contributed by atoms with Gasteiger partial charge in [0.2, 0.25) is 0 Å². The van der Waals surface area contributed by atoms with E-state index >= 15 is 0 Å². The van der Waals surface area contributed by atoms with E-state index in [0.717, 1.165) is 11.1 Å². The first-order valence-electron chi connectivity index (χ1n) is 6.44. The van der Waals surface area contributed by atoms with Crippen molar-refractivity contribution in [1.29, 1.82) is 5.26 Å². The first-order chi connectivity index (χ1) is 9.60. The van der Waals surface area contributed by atoms with Crippen LogP contribution in [0.1, 0.15) is 32.6 Å². The molecule has 0 radical (unpaired) electrons. The third-order valence-electron chi connectivity index (χ3n) is 3.31. The van der Waals surface area contributed by atoms with Crippen LogP contribution in [-0.4, -0.2) is 5.91 Å². The fraction of sp³-hybridized carbons (Fsp3) is 0.176. The maximum absolute atomic E-state index is 12.0. The van der Waals surface area contributed by atoms with Gasteiger partial charge in [0.05, 0.1) is 11.6 Å². The summed E-state index contributed by atoms with van der Waals surface area (Å²) in [5.74, 6) is -0.0857. The summed E-state index contributed by atoms with van der Waals surface area (Å²) in [4.78, 5) is 12.0. The Morgan fingerprint density at radius 1 is 1.10 bits per heavy atom. The summed E-state index contributed by atoms with van der Waals surface area (Å²) in [6, 6.07) is 14.9. The average Bonchev–Trinajstić information content (AvgIpc) is 2.48. The highest BCUT2D eigenvalue weighted by Crippen LogP contribution is 2.10. The molecule has 3 heteroatoms. The second-order valence-electron chi connectivity index (χ2n) is 4.79. The normalized spacial score (nSPS) is 9.85. The highest BCUT2D eigenvalue weighted by atomic mass is 16.1. The molecule has 0 fully saturated rings. The van der Waals surface area contributed by atoms with Crippen LogP contribution in [0, 0.1) is 25.2 Å². The van der Waals surface area contributed by atoms with E-state index in [2.05, 4.69) is 11.4 Å². The topological polar surface area (TPSA) is 52.9 Å². The molecule has 0 saturated carbocycles. The molecule has 0 aliphatic heterocycles. The van der Waals surface area contributed by atoms with Gasteiger partial charge in [0, 0.05) is 12.1 Å². The van der Waals surface area contributed by atoms with E-state index in [1.165, 1.54) is 5.56 Å². The van der Waals surface area contributed by atoms with Gasteiger partial charge < -0.3 is 5.32 Å². The van der Waals surface area contributed by atoms with Crippen molar-refractivity contribution in [3.05, 3.63) is 70.3 Å². The van der Waals surface area contributed by atoms with E-state index in [9.17, 15) is 4.79 Å². The Morgan fingerprint density at radius 3 is 2.40 bits per heavy atom. The number of carbonyl (C=O) groups excluding carboxylic acids is 1. The Bertz CT molecular complexity index is 666. The van der Waals surface area contributed by atoms with Gasteiger partial charge in [-0.1, -0.05) is 18.2 Å². The number of nitriles is 1. The number of hydrogen-bond donors (Lipinski definition) is 1. The molecular weight excluding hydrogens is 248 g/mol. The Hall–Kier alpha value is -2.60. The quantitative estimate of drug-likeness (QED) is 0.926. The molecule has 2 rings (SSSR count). The molecule has 0 unspecified atom stereocenters. The molecule has 0 aliphatic rings. The zero-order valence-corrected chi connectivity index (χ0v) is 11.6. The largest absolute Gasteiger partial charge is 0.348 e. The summed E-state index contributed by atoms with van der Waals surface area (Å²) in [5, 5.41) is 11.6. The van der Waals surface area contributed by atoms with Gasteiger partial charge in [0.15, 0.2) is 0 Å². The van der Waals surface area contributed by atoms with E-state index in [1.54, 1.807) is 12.1 Å². The van der Waals surface area contributed by atoms with Crippen molar-refractivity contribution in [2.75, 3.05) is 0 Å². The minimum Gasteiger partial charge on any atom is -0.348 e. The van der Waals surface area contributed by atoms with Crippen molar-refractivity contribution in [3.8, 4) is 6.07 Å². The number of aryl methyl sites for hydroxylation is 2. The lowest BCUT2D eigenvalue weighted by molar-refractivity contribution is 0.0951. The van der Waals surface area contributed by atoms with E-state index in [0.29, 0.717) is 17.7 Å². The molecule has 3 nitrogen and oxygen atoms in total. The van der Waals surface area contributed by atoms with Crippen molar-refractivity contribution >= 4 is 5.91 Å². The summed E-state index contributed by atoms with van der Waals surface area (Å²) >= 11 is 0. The molecule has 0 heterocycles. The number of rotatable bonds is 3. The molecule has 1 N–H and O–H groups in total. The van der Waals surface area contributed by atoms with Crippen LogP contribution in [0.3, 0.4) is 0 Å². The van der Waals surface area contributed by atoms with Gasteiger partial charge in [-0.05, 0) is 54.8 Å². The van der Waals surface area contributed by atoms with Gasteiger partial charge in [-0.2, -0.15) is 5.26 Å². The fourth-order valence-electron chi connectivity index (χ4n) is 1.86. The lowest BCUT2D eigenvalue weighted by Crippen LogP contribution is -2.22. The van der Waals surface area contributed by atoms with E-state index in [1.807, 2.05) is 44.2 Å². The molecule has 2 aromatic carbocycles. The van der Waals surface area contributed by atoms with Crippen LogP contribution in [0.25, 0.3) is 0 Å². The Balaban J connectivity index is 2.01. The maximum Gasteiger partial charge on any atom is 0.251 e. The average molecular weight is 264 g/mol. The molecule has 0 bridgehead atoms. The second-order valence-corrected chi connectivity index (χ2v) is 4.79. The zero-order chi connectivity index (χ0) is 14.5. The maximum atomic E-state index is 12.0. The van der Waals surface area contributed by atoms with Crippen LogP contribution >= 0.6 is 0 Å². The number of benzene rings is 2. The van der Waals surface area contributed by atoms with Crippen LogP contribution in [-0.2, 0) is 6.54 Å². The molecule has 0 aromatic heterocycles. The second kappa shape index (κ2) is 6.03. The van der Waals surface area contributed by atoms with Crippen molar-refractivity contribution in [3.63, 3.8) is 0 Å². The van der Waals surface area contributed by atoms with Crippen LogP contribution in [0.2, 0.25) is 0 Å². The summed E-state index contributed by atoms with van der Waals surface area (Å²) in [5.41, 5.74) is 4.54. The molecule has 20 heavy (non-hydrogen) atoms. The number of nitrogens with one attached hydrogen (secondary N) is 1. The monoisotopic (exact) mass is 264 g/mol. The predicted molar refractivity (Wildman–Crippen MR) is 78.2 cm³/mol. The van der Waals surface area contributed by atoms with Crippen molar-refractivity contribution < 1.29 is 4.79 Å². The van der Waals surface area contributed by atoms with Gasteiger partial charge >= 0.3 is 0 Å². The fourth-order valence-corrected chi connectivity index (χ4v) is 1.86. The lowest BCUT2D eigenvalue weighted by atomic mass is 10.1. The van der Waals surface area contributed by atoms with Crippen LogP contribution in [0.4, 0.5) is 0 Å². The lowest BCUT2D eigenvalue weighted by Gasteiger charge is -2.07. The zero-order valence-electron chi connectivity index (χ0n) is 11.6. The summed E-state index contributed by atoms with van der Waals surface area (Å²) in [6.45, 7) is 4.47. The minimum atomic E-state index is -0.0857.